The Morgan fingerprint density at radius 3 is 2.40 bits per heavy atom. The molecule has 2 aromatic rings. The zero-order valence-corrected chi connectivity index (χ0v) is 10.7. The van der Waals surface area contributed by atoms with Gasteiger partial charge in [0.05, 0.1) is 0 Å². The predicted octanol–water partition coefficient (Wildman–Crippen LogP) is 0.743. The Kier molecular flexibility index (Phi) is 3.69. The SMILES string of the molecule is Cc1ccc(N(CC(=O)O)C(=O)c2c[nH]c(=O)[nH]2)cc1. The molecule has 1 heterocycles. The third-order valence-corrected chi connectivity index (χ3v) is 2.71. The highest BCUT2D eigenvalue weighted by Crippen LogP contribution is 2.17. The van der Waals surface area contributed by atoms with Crippen LogP contribution in [0.4, 0.5) is 5.69 Å². The molecule has 0 spiro atoms. The number of imidazole rings is 1. The summed E-state index contributed by atoms with van der Waals surface area (Å²) in [6.07, 6.45) is 1.22. The number of hydrogen-bond donors (Lipinski definition) is 3. The second-order valence-corrected chi connectivity index (χ2v) is 4.28. The van der Waals surface area contributed by atoms with Gasteiger partial charge in [0.1, 0.15) is 12.2 Å². The number of carbonyl (C=O) groups is 2. The van der Waals surface area contributed by atoms with Crippen molar-refractivity contribution in [2.24, 2.45) is 0 Å². The van der Waals surface area contributed by atoms with Gasteiger partial charge in [0.15, 0.2) is 0 Å². The van der Waals surface area contributed by atoms with Crippen molar-refractivity contribution >= 4 is 17.6 Å². The van der Waals surface area contributed by atoms with Crippen molar-refractivity contribution in [1.82, 2.24) is 9.97 Å². The minimum Gasteiger partial charge on any atom is -0.480 e. The van der Waals surface area contributed by atoms with Crippen LogP contribution in [-0.4, -0.2) is 33.5 Å². The van der Waals surface area contributed by atoms with Gasteiger partial charge < -0.3 is 15.1 Å². The fraction of sp³-hybridized carbons (Fsp3) is 0.154. The first kappa shape index (κ1) is 13.6. The molecule has 0 aliphatic rings. The van der Waals surface area contributed by atoms with Crippen LogP contribution >= 0.6 is 0 Å². The topological polar surface area (TPSA) is 106 Å². The predicted molar refractivity (Wildman–Crippen MR) is 71.9 cm³/mol. The number of hydrogen-bond acceptors (Lipinski definition) is 3. The number of amides is 1. The molecule has 3 N–H and O–H groups in total. The summed E-state index contributed by atoms with van der Waals surface area (Å²) in [5, 5.41) is 8.93. The lowest BCUT2D eigenvalue weighted by Crippen LogP contribution is -2.36. The second-order valence-electron chi connectivity index (χ2n) is 4.28. The zero-order valence-electron chi connectivity index (χ0n) is 10.7. The summed E-state index contributed by atoms with van der Waals surface area (Å²) in [6.45, 7) is 1.39. The van der Waals surface area contributed by atoms with E-state index in [-0.39, 0.29) is 5.69 Å². The molecule has 0 bridgehead atoms. The number of aryl methyl sites for hydroxylation is 1. The third kappa shape index (κ3) is 2.94. The summed E-state index contributed by atoms with van der Waals surface area (Å²) in [4.78, 5) is 39.9. The van der Waals surface area contributed by atoms with Gasteiger partial charge in [-0.05, 0) is 19.1 Å². The first-order valence-electron chi connectivity index (χ1n) is 5.85. The summed E-state index contributed by atoms with van der Waals surface area (Å²) < 4.78 is 0. The van der Waals surface area contributed by atoms with E-state index in [0.29, 0.717) is 5.69 Å². The fourth-order valence-corrected chi connectivity index (χ4v) is 1.73. The van der Waals surface area contributed by atoms with Crippen molar-refractivity contribution in [3.8, 4) is 0 Å². The molecule has 1 amide bonds. The number of carbonyl (C=O) groups excluding carboxylic acids is 1. The Morgan fingerprint density at radius 1 is 1.25 bits per heavy atom. The molecule has 7 nitrogen and oxygen atoms in total. The number of carboxylic acids is 1. The first-order valence-corrected chi connectivity index (χ1v) is 5.85. The van der Waals surface area contributed by atoms with Crippen molar-refractivity contribution in [2.75, 3.05) is 11.4 Å². The Hall–Kier alpha value is -2.83. The second kappa shape index (κ2) is 5.43. The number of aromatic nitrogens is 2. The normalized spacial score (nSPS) is 10.2. The monoisotopic (exact) mass is 275 g/mol. The van der Waals surface area contributed by atoms with Crippen molar-refractivity contribution in [3.63, 3.8) is 0 Å². The van der Waals surface area contributed by atoms with E-state index >= 15 is 0 Å². The lowest BCUT2D eigenvalue weighted by atomic mass is 10.2. The number of nitrogens with one attached hydrogen (secondary N) is 2. The Balaban J connectivity index is 2.36. The molecule has 0 unspecified atom stereocenters. The van der Waals surface area contributed by atoms with Crippen LogP contribution in [0.25, 0.3) is 0 Å². The maximum Gasteiger partial charge on any atom is 0.323 e. The van der Waals surface area contributed by atoms with E-state index in [4.69, 9.17) is 5.11 Å². The summed E-state index contributed by atoms with van der Waals surface area (Å²) in [6, 6.07) is 6.86. The number of benzene rings is 1. The van der Waals surface area contributed by atoms with E-state index in [1.165, 1.54) is 6.20 Å². The molecule has 0 aliphatic carbocycles. The van der Waals surface area contributed by atoms with E-state index in [9.17, 15) is 14.4 Å². The molecule has 7 heteroatoms. The molecule has 0 atom stereocenters. The highest BCUT2D eigenvalue weighted by Gasteiger charge is 2.21. The minimum atomic E-state index is -1.14. The van der Waals surface area contributed by atoms with Gasteiger partial charge in [-0.2, -0.15) is 0 Å². The molecular weight excluding hydrogens is 262 g/mol. The Labute approximate surface area is 113 Å². The molecule has 0 aliphatic heterocycles. The van der Waals surface area contributed by atoms with Crippen LogP contribution in [0.1, 0.15) is 16.1 Å². The summed E-state index contributed by atoms with van der Waals surface area (Å²) in [7, 11) is 0. The number of anilines is 1. The third-order valence-electron chi connectivity index (χ3n) is 2.71. The molecule has 0 radical (unpaired) electrons. The van der Waals surface area contributed by atoms with E-state index in [2.05, 4.69) is 9.97 Å². The fourth-order valence-electron chi connectivity index (χ4n) is 1.73. The summed E-state index contributed by atoms with van der Waals surface area (Å²) in [5.74, 6) is -1.73. The average Bonchev–Trinajstić information content (AvgIpc) is 2.83. The highest BCUT2D eigenvalue weighted by atomic mass is 16.4. The van der Waals surface area contributed by atoms with Gasteiger partial charge in [-0.15, -0.1) is 0 Å². The van der Waals surface area contributed by atoms with E-state index in [1.54, 1.807) is 24.3 Å². The lowest BCUT2D eigenvalue weighted by Gasteiger charge is -2.20. The largest absolute Gasteiger partial charge is 0.480 e. The van der Waals surface area contributed by atoms with Gasteiger partial charge in [-0.3, -0.25) is 14.5 Å². The van der Waals surface area contributed by atoms with Crippen molar-refractivity contribution in [2.45, 2.75) is 6.92 Å². The molecule has 104 valence electrons. The van der Waals surface area contributed by atoms with E-state index in [0.717, 1.165) is 10.5 Å². The molecule has 0 saturated heterocycles. The van der Waals surface area contributed by atoms with Gasteiger partial charge >= 0.3 is 11.7 Å². The van der Waals surface area contributed by atoms with Gasteiger partial charge in [0.25, 0.3) is 5.91 Å². The molecule has 1 aromatic carbocycles. The number of aliphatic carboxylic acids is 1. The summed E-state index contributed by atoms with van der Waals surface area (Å²) >= 11 is 0. The number of aromatic amines is 2. The van der Waals surface area contributed by atoms with E-state index < -0.39 is 24.1 Å². The zero-order chi connectivity index (χ0) is 14.7. The molecule has 0 saturated carbocycles. The Morgan fingerprint density at radius 2 is 1.90 bits per heavy atom. The van der Waals surface area contributed by atoms with Crippen molar-refractivity contribution in [3.05, 3.63) is 52.2 Å². The van der Waals surface area contributed by atoms with Gasteiger partial charge in [-0.1, -0.05) is 17.7 Å². The van der Waals surface area contributed by atoms with Crippen LogP contribution in [0.15, 0.2) is 35.3 Å². The maximum atomic E-state index is 12.3. The molecule has 20 heavy (non-hydrogen) atoms. The van der Waals surface area contributed by atoms with Crippen LogP contribution in [0, 0.1) is 6.92 Å². The van der Waals surface area contributed by atoms with Crippen LogP contribution in [0.2, 0.25) is 0 Å². The van der Waals surface area contributed by atoms with Gasteiger partial charge in [0.2, 0.25) is 0 Å². The lowest BCUT2D eigenvalue weighted by molar-refractivity contribution is -0.135. The van der Waals surface area contributed by atoms with Crippen LogP contribution < -0.4 is 10.6 Å². The van der Waals surface area contributed by atoms with Gasteiger partial charge in [0, 0.05) is 11.9 Å². The number of H-pyrrole nitrogens is 2. The van der Waals surface area contributed by atoms with Gasteiger partial charge in [-0.25, -0.2) is 4.79 Å². The summed E-state index contributed by atoms with van der Waals surface area (Å²) in [5.41, 5.74) is 0.931. The van der Waals surface area contributed by atoms with Crippen molar-refractivity contribution in [1.29, 1.82) is 0 Å². The number of carboxylic acid groups (broad SMARTS) is 1. The number of nitrogens with zero attached hydrogens (tertiary/aromatic N) is 1. The molecular formula is C13H13N3O4. The minimum absolute atomic E-state index is 0.0109. The van der Waals surface area contributed by atoms with Crippen LogP contribution in [0.3, 0.4) is 0 Å². The van der Waals surface area contributed by atoms with Crippen LogP contribution in [-0.2, 0) is 4.79 Å². The van der Waals surface area contributed by atoms with Crippen molar-refractivity contribution < 1.29 is 14.7 Å². The quantitative estimate of drug-likeness (QED) is 0.765. The molecule has 1 aromatic heterocycles. The molecule has 2 rings (SSSR count). The van der Waals surface area contributed by atoms with Crippen LogP contribution in [0.5, 0.6) is 0 Å². The first-order chi connectivity index (χ1) is 9.47. The maximum absolute atomic E-state index is 12.3. The Bertz CT molecular complexity index is 684. The highest BCUT2D eigenvalue weighted by molar-refractivity contribution is 6.06. The standard InChI is InChI=1S/C13H13N3O4/c1-8-2-4-9(5-3-8)16(7-11(17)18)12(19)10-6-14-13(20)15-10/h2-6H,7H2,1H3,(H,17,18)(H2,14,15,20). The van der Waals surface area contributed by atoms with E-state index in [1.807, 2.05) is 6.92 Å². The number of rotatable bonds is 4. The smallest absolute Gasteiger partial charge is 0.323 e. The molecule has 0 fully saturated rings. The average molecular weight is 275 g/mol.